The van der Waals surface area contributed by atoms with Crippen LogP contribution in [0.15, 0.2) is 36.5 Å². The second-order valence-corrected chi connectivity index (χ2v) is 6.37. The van der Waals surface area contributed by atoms with Gasteiger partial charge in [0.05, 0.1) is 0 Å². The Morgan fingerprint density at radius 3 is 2.48 bits per heavy atom. The van der Waals surface area contributed by atoms with Crippen molar-refractivity contribution in [3.63, 3.8) is 0 Å². The van der Waals surface area contributed by atoms with Crippen molar-refractivity contribution in [2.24, 2.45) is 0 Å². The zero-order valence-electron chi connectivity index (χ0n) is 13.1. The van der Waals surface area contributed by atoms with Gasteiger partial charge in [0.2, 0.25) is 0 Å². The van der Waals surface area contributed by atoms with Crippen LogP contribution in [0.4, 0.5) is 5.69 Å². The first-order valence-corrected chi connectivity index (χ1v) is 8.20. The Morgan fingerprint density at radius 1 is 1.14 bits per heavy atom. The van der Waals surface area contributed by atoms with Gasteiger partial charge in [-0.2, -0.15) is 0 Å². The molecule has 0 radical (unpaired) electrons. The van der Waals surface area contributed by atoms with Gasteiger partial charge in [-0.05, 0) is 50.7 Å². The highest BCUT2D eigenvalue weighted by atomic mass is 15.2. The second-order valence-electron chi connectivity index (χ2n) is 6.37. The van der Waals surface area contributed by atoms with E-state index < -0.39 is 0 Å². The van der Waals surface area contributed by atoms with Crippen LogP contribution in [0, 0.1) is 0 Å². The van der Waals surface area contributed by atoms with Gasteiger partial charge < -0.3 is 10.2 Å². The fourth-order valence-corrected chi connectivity index (χ4v) is 3.45. The molecule has 0 aromatic heterocycles. The number of nitrogens with zero attached hydrogens (tertiary/aromatic N) is 2. The summed E-state index contributed by atoms with van der Waals surface area (Å²) in [4.78, 5) is 4.91. The molecule has 1 N–H and O–H groups in total. The Kier molecular flexibility index (Phi) is 4.61. The maximum Gasteiger partial charge on any atom is 0.0408 e. The lowest BCUT2D eigenvalue weighted by atomic mass is 10.1. The molecule has 3 nitrogen and oxygen atoms in total. The van der Waals surface area contributed by atoms with Crippen LogP contribution < -0.4 is 10.2 Å². The molecule has 0 aliphatic carbocycles. The molecule has 114 valence electrons. The monoisotopic (exact) mass is 285 g/mol. The number of piperidine rings is 1. The topological polar surface area (TPSA) is 18.5 Å². The van der Waals surface area contributed by atoms with Gasteiger partial charge in [0.25, 0.3) is 0 Å². The summed E-state index contributed by atoms with van der Waals surface area (Å²) in [5, 5.41) is 3.35. The molecule has 2 aliphatic rings. The van der Waals surface area contributed by atoms with E-state index in [2.05, 4.69) is 46.0 Å². The standard InChI is InChI=1S/C18H27N3/c1-15-12-17(19-2)14-21(15)18-8-6-16(7-9-18)13-20-10-4-3-5-11-20/h6-9,17,19H,1,3-5,10-14H2,2H3. The van der Waals surface area contributed by atoms with Gasteiger partial charge in [-0.3, -0.25) is 4.90 Å². The van der Waals surface area contributed by atoms with Crippen LogP contribution in [-0.4, -0.2) is 37.6 Å². The molecule has 2 heterocycles. The minimum atomic E-state index is 0.533. The molecule has 2 saturated heterocycles. The summed E-state index contributed by atoms with van der Waals surface area (Å²) in [5.74, 6) is 0. The molecule has 3 rings (SSSR count). The van der Waals surface area contributed by atoms with E-state index in [1.807, 2.05) is 7.05 Å². The maximum atomic E-state index is 4.20. The molecule has 0 saturated carbocycles. The summed E-state index contributed by atoms with van der Waals surface area (Å²) in [6, 6.07) is 9.60. The average molecular weight is 285 g/mol. The highest BCUT2D eigenvalue weighted by molar-refractivity contribution is 5.54. The maximum absolute atomic E-state index is 4.20. The van der Waals surface area contributed by atoms with Gasteiger partial charge in [-0.25, -0.2) is 0 Å². The summed E-state index contributed by atoms with van der Waals surface area (Å²) >= 11 is 0. The van der Waals surface area contributed by atoms with Crippen molar-refractivity contribution in [3.8, 4) is 0 Å². The molecule has 2 aliphatic heterocycles. The number of likely N-dealkylation sites (N-methyl/N-ethyl adjacent to an activating group) is 1. The van der Waals surface area contributed by atoms with Crippen LogP contribution in [0.1, 0.15) is 31.2 Å². The molecule has 0 amide bonds. The Hall–Kier alpha value is -1.32. The molecular formula is C18H27N3. The molecule has 21 heavy (non-hydrogen) atoms. The SMILES string of the molecule is C=C1CC(NC)CN1c1ccc(CN2CCCCC2)cc1. The fraction of sp³-hybridized carbons (Fsp3) is 0.556. The van der Waals surface area contributed by atoms with E-state index in [-0.39, 0.29) is 0 Å². The summed E-state index contributed by atoms with van der Waals surface area (Å²) in [6.45, 7) is 8.85. The molecular weight excluding hydrogens is 258 g/mol. The zero-order chi connectivity index (χ0) is 14.7. The molecule has 0 spiro atoms. The van der Waals surface area contributed by atoms with E-state index in [9.17, 15) is 0 Å². The van der Waals surface area contributed by atoms with Gasteiger partial charge in [0.1, 0.15) is 0 Å². The zero-order valence-corrected chi connectivity index (χ0v) is 13.1. The average Bonchev–Trinajstić information content (AvgIpc) is 2.90. The van der Waals surface area contributed by atoms with E-state index in [1.54, 1.807) is 0 Å². The van der Waals surface area contributed by atoms with Gasteiger partial charge in [-0.1, -0.05) is 25.1 Å². The van der Waals surface area contributed by atoms with E-state index >= 15 is 0 Å². The third kappa shape index (κ3) is 3.47. The Labute approximate surface area is 128 Å². The van der Waals surface area contributed by atoms with Crippen molar-refractivity contribution in [1.82, 2.24) is 10.2 Å². The first-order valence-electron chi connectivity index (χ1n) is 8.20. The fourth-order valence-electron chi connectivity index (χ4n) is 3.45. The number of hydrogen-bond acceptors (Lipinski definition) is 3. The third-order valence-corrected chi connectivity index (χ3v) is 4.78. The minimum absolute atomic E-state index is 0.533. The van der Waals surface area contributed by atoms with Crippen LogP contribution in [-0.2, 0) is 6.54 Å². The highest BCUT2D eigenvalue weighted by Crippen LogP contribution is 2.27. The van der Waals surface area contributed by atoms with Gasteiger partial charge in [0, 0.05) is 36.9 Å². The molecule has 1 aromatic rings. The van der Waals surface area contributed by atoms with Crippen molar-refractivity contribution in [3.05, 3.63) is 42.1 Å². The minimum Gasteiger partial charge on any atom is -0.344 e. The van der Waals surface area contributed by atoms with E-state index in [0.717, 1.165) is 19.5 Å². The number of anilines is 1. The van der Waals surface area contributed by atoms with Gasteiger partial charge >= 0.3 is 0 Å². The van der Waals surface area contributed by atoms with Crippen molar-refractivity contribution < 1.29 is 0 Å². The number of benzene rings is 1. The summed E-state index contributed by atoms with van der Waals surface area (Å²) in [7, 11) is 2.03. The van der Waals surface area contributed by atoms with Gasteiger partial charge in [-0.15, -0.1) is 0 Å². The highest BCUT2D eigenvalue weighted by Gasteiger charge is 2.24. The predicted molar refractivity (Wildman–Crippen MR) is 89.5 cm³/mol. The lowest BCUT2D eigenvalue weighted by molar-refractivity contribution is 0.221. The second kappa shape index (κ2) is 6.63. The molecule has 1 atom stereocenters. The van der Waals surface area contributed by atoms with E-state index in [4.69, 9.17) is 0 Å². The van der Waals surface area contributed by atoms with E-state index in [1.165, 1.54) is 49.3 Å². The summed E-state index contributed by atoms with van der Waals surface area (Å²) < 4.78 is 0. The van der Waals surface area contributed by atoms with E-state index in [0.29, 0.717) is 6.04 Å². The number of hydrogen-bond donors (Lipinski definition) is 1. The van der Waals surface area contributed by atoms with Crippen LogP contribution in [0.5, 0.6) is 0 Å². The Morgan fingerprint density at radius 2 is 1.86 bits per heavy atom. The number of likely N-dealkylation sites (tertiary alicyclic amines) is 1. The van der Waals surface area contributed by atoms with Crippen molar-refractivity contribution in [2.45, 2.75) is 38.3 Å². The normalized spacial score (nSPS) is 23.8. The lowest BCUT2D eigenvalue weighted by Crippen LogP contribution is -2.29. The van der Waals surface area contributed by atoms with Crippen LogP contribution in [0.25, 0.3) is 0 Å². The summed E-state index contributed by atoms with van der Waals surface area (Å²) in [5.41, 5.74) is 3.92. The Balaban J connectivity index is 1.62. The lowest BCUT2D eigenvalue weighted by Gasteiger charge is -2.26. The predicted octanol–water partition coefficient (Wildman–Crippen LogP) is 2.98. The smallest absolute Gasteiger partial charge is 0.0408 e. The Bertz CT molecular complexity index is 474. The van der Waals surface area contributed by atoms with Crippen LogP contribution >= 0.6 is 0 Å². The summed E-state index contributed by atoms with van der Waals surface area (Å²) in [6.07, 6.45) is 5.17. The van der Waals surface area contributed by atoms with Crippen LogP contribution in [0.3, 0.4) is 0 Å². The molecule has 1 unspecified atom stereocenters. The number of nitrogens with one attached hydrogen (secondary N) is 1. The number of rotatable bonds is 4. The first-order chi connectivity index (χ1) is 10.3. The molecule has 2 fully saturated rings. The third-order valence-electron chi connectivity index (χ3n) is 4.78. The largest absolute Gasteiger partial charge is 0.344 e. The first kappa shape index (κ1) is 14.6. The molecule has 3 heteroatoms. The van der Waals surface area contributed by atoms with Crippen molar-refractivity contribution in [1.29, 1.82) is 0 Å². The quantitative estimate of drug-likeness (QED) is 0.917. The van der Waals surface area contributed by atoms with Crippen molar-refractivity contribution >= 4 is 5.69 Å². The molecule has 0 bridgehead atoms. The molecule has 1 aromatic carbocycles. The van der Waals surface area contributed by atoms with Crippen molar-refractivity contribution in [2.75, 3.05) is 31.6 Å². The van der Waals surface area contributed by atoms with Gasteiger partial charge in [0.15, 0.2) is 0 Å². The van der Waals surface area contributed by atoms with Crippen LogP contribution in [0.2, 0.25) is 0 Å².